The molecule has 0 aliphatic rings. The van der Waals surface area contributed by atoms with E-state index < -0.39 is 10.0 Å². The van der Waals surface area contributed by atoms with Crippen molar-refractivity contribution >= 4 is 21.6 Å². The predicted octanol–water partition coefficient (Wildman–Crippen LogP) is 3.61. The highest BCUT2D eigenvalue weighted by molar-refractivity contribution is 7.92. The van der Waals surface area contributed by atoms with Gasteiger partial charge in [0.15, 0.2) is 0 Å². The Morgan fingerprint density at radius 2 is 1.79 bits per heavy atom. The molecule has 2 rings (SSSR count). The summed E-state index contributed by atoms with van der Waals surface area (Å²) < 4.78 is 32.7. The Hall–Kier alpha value is -2.64. The highest BCUT2D eigenvalue weighted by atomic mass is 32.2. The highest BCUT2D eigenvalue weighted by Gasteiger charge is 2.23. The summed E-state index contributed by atoms with van der Waals surface area (Å²) in [6.07, 6.45) is 2.43. The Morgan fingerprint density at radius 1 is 1.14 bits per heavy atom. The molecule has 0 unspecified atom stereocenters. The van der Waals surface area contributed by atoms with E-state index in [0.29, 0.717) is 24.4 Å². The second-order valence-electron chi connectivity index (χ2n) is 6.71. The van der Waals surface area contributed by atoms with E-state index in [0.717, 1.165) is 6.42 Å². The monoisotopic (exact) mass is 416 g/mol. The lowest BCUT2D eigenvalue weighted by Crippen LogP contribution is -2.31. The largest absolute Gasteiger partial charge is 0.379 e. The van der Waals surface area contributed by atoms with Gasteiger partial charge < -0.3 is 10.1 Å². The number of rotatable bonds is 11. The van der Waals surface area contributed by atoms with Gasteiger partial charge in [-0.2, -0.15) is 0 Å². The SMILES string of the molecule is C=CCN(c1ccc(C(=O)NCCCOC(C)C)cc1)S(=O)(=O)c1ccccc1. The van der Waals surface area contributed by atoms with Crippen LogP contribution in [0.25, 0.3) is 0 Å². The van der Waals surface area contributed by atoms with Gasteiger partial charge in [0.05, 0.1) is 23.2 Å². The van der Waals surface area contributed by atoms with Crippen LogP contribution in [0.3, 0.4) is 0 Å². The highest BCUT2D eigenvalue weighted by Crippen LogP contribution is 2.24. The van der Waals surface area contributed by atoms with Crippen LogP contribution in [-0.2, 0) is 14.8 Å². The van der Waals surface area contributed by atoms with Gasteiger partial charge in [0.1, 0.15) is 0 Å². The number of ether oxygens (including phenoxy) is 1. The standard InChI is InChI=1S/C22H28N2O4S/c1-4-16-24(29(26,27)21-9-6-5-7-10-21)20-13-11-19(12-14-20)22(25)23-15-8-17-28-18(2)3/h4-7,9-14,18H,1,8,15-17H2,2-3H3,(H,23,25). The lowest BCUT2D eigenvalue weighted by molar-refractivity contribution is 0.0757. The fourth-order valence-electron chi connectivity index (χ4n) is 2.65. The van der Waals surface area contributed by atoms with Crippen LogP contribution in [0.4, 0.5) is 5.69 Å². The van der Waals surface area contributed by atoms with Crippen LogP contribution in [0.2, 0.25) is 0 Å². The van der Waals surface area contributed by atoms with Crippen molar-refractivity contribution in [2.24, 2.45) is 0 Å². The molecule has 0 bridgehead atoms. The van der Waals surface area contributed by atoms with Crippen molar-refractivity contribution in [1.29, 1.82) is 0 Å². The molecule has 1 amide bonds. The summed E-state index contributed by atoms with van der Waals surface area (Å²) in [5.74, 6) is -0.206. The van der Waals surface area contributed by atoms with E-state index >= 15 is 0 Å². The van der Waals surface area contributed by atoms with Crippen molar-refractivity contribution in [1.82, 2.24) is 5.32 Å². The molecule has 0 aliphatic heterocycles. The first kappa shape index (κ1) is 22.6. The minimum atomic E-state index is -3.73. The van der Waals surface area contributed by atoms with Crippen LogP contribution in [0.1, 0.15) is 30.6 Å². The summed E-state index contributed by atoms with van der Waals surface area (Å²) in [5, 5.41) is 2.84. The molecule has 0 aromatic heterocycles. The summed E-state index contributed by atoms with van der Waals surface area (Å²) in [6.45, 7) is 8.81. The third-order valence-electron chi connectivity index (χ3n) is 4.10. The Kier molecular flexibility index (Phi) is 8.42. The van der Waals surface area contributed by atoms with Crippen LogP contribution in [0, 0.1) is 0 Å². The van der Waals surface area contributed by atoms with Crippen molar-refractivity contribution < 1.29 is 17.9 Å². The lowest BCUT2D eigenvalue weighted by Gasteiger charge is -2.23. The van der Waals surface area contributed by atoms with E-state index in [2.05, 4.69) is 11.9 Å². The minimum Gasteiger partial charge on any atom is -0.379 e. The van der Waals surface area contributed by atoms with Gasteiger partial charge in [0, 0.05) is 18.7 Å². The summed E-state index contributed by atoms with van der Waals surface area (Å²) in [7, 11) is -3.73. The third-order valence-corrected chi connectivity index (χ3v) is 5.91. The van der Waals surface area contributed by atoms with E-state index in [-0.39, 0.29) is 23.5 Å². The maximum Gasteiger partial charge on any atom is 0.264 e. The Labute approximate surface area is 173 Å². The van der Waals surface area contributed by atoms with Gasteiger partial charge in [-0.15, -0.1) is 6.58 Å². The zero-order chi connectivity index (χ0) is 21.3. The van der Waals surface area contributed by atoms with Crippen molar-refractivity contribution in [2.75, 3.05) is 24.0 Å². The number of carbonyl (C=O) groups is 1. The molecular weight excluding hydrogens is 388 g/mol. The first-order chi connectivity index (χ1) is 13.9. The van der Waals surface area contributed by atoms with Crippen LogP contribution in [0.5, 0.6) is 0 Å². The van der Waals surface area contributed by atoms with E-state index in [1.54, 1.807) is 54.6 Å². The van der Waals surface area contributed by atoms with Crippen molar-refractivity contribution in [3.63, 3.8) is 0 Å². The number of sulfonamides is 1. The normalized spacial score (nSPS) is 11.3. The predicted molar refractivity (Wildman–Crippen MR) is 116 cm³/mol. The molecular formula is C22H28N2O4S. The fourth-order valence-corrected chi connectivity index (χ4v) is 4.11. The number of nitrogens with one attached hydrogen (secondary N) is 1. The molecule has 0 saturated heterocycles. The minimum absolute atomic E-state index is 0.124. The fraction of sp³-hybridized carbons (Fsp3) is 0.318. The number of amides is 1. The van der Waals surface area contributed by atoms with Crippen LogP contribution >= 0.6 is 0 Å². The average molecular weight is 417 g/mol. The van der Waals surface area contributed by atoms with Gasteiger partial charge in [-0.25, -0.2) is 8.42 Å². The topological polar surface area (TPSA) is 75.7 Å². The van der Waals surface area contributed by atoms with Crippen LogP contribution in [-0.4, -0.2) is 40.1 Å². The first-order valence-electron chi connectivity index (χ1n) is 9.55. The van der Waals surface area contributed by atoms with E-state index in [1.165, 1.54) is 10.4 Å². The molecule has 6 nitrogen and oxygen atoms in total. The summed E-state index contributed by atoms with van der Waals surface area (Å²) in [6, 6.07) is 14.7. The molecule has 0 spiro atoms. The molecule has 7 heteroatoms. The lowest BCUT2D eigenvalue weighted by atomic mass is 10.2. The summed E-state index contributed by atoms with van der Waals surface area (Å²) in [4.78, 5) is 12.5. The number of hydrogen-bond acceptors (Lipinski definition) is 4. The number of anilines is 1. The van der Waals surface area contributed by atoms with Gasteiger partial charge in [-0.3, -0.25) is 9.10 Å². The number of hydrogen-bond donors (Lipinski definition) is 1. The molecule has 0 saturated carbocycles. The van der Waals surface area contributed by atoms with Crippen LogP contribution in [0.15, 0.2) is 72.1 Å². The molecule has 0 radical (unpaired) electrons. The average Bonchev–Trinajstić information content (AvgIpc) is 2.72. The zero-order valence-corrected chi connectivity index (χ0v) is 17.7. The second-order valence-corrected chi connectivity index (χ2v) is 8.58. The Morgan fingerprint density at radius 3 is 2.38 bits per heavy atom. The van der Waals surface area contributed by atoms with Gasteiger partial charge in [-0.05, 0) is 56.7 Å². The maximum atomic E-state index is 13.0. The van der Waals surface area contributed by atoms with Gasteiger partial charge in [0.2, 0.25) is 0 Å². The Balaban J connectivity index is 2.08. The van der Waals surface area contributed by atoms with E-state index in [9.17, 15) is 13.2 Å². The van der Waals surface area contributed by atoms with Gasteiger partial charge in [-0.1, -0.05) is 24.3 Å². The molecule has 2 aromatic carbocycles. The zero-order valence-electron chi connectivity index (χ0n) is 16.9. The molecule has 2 aromatic rings. The number of nitrogens with zero attached hydrogens (tertiary/aromatic N) is 1. The third kappa shape index (κ3) is 6.44. The van der Waals surface area contributed by atoms with Gasteiger partial charge in [0.25, 0.3) is 15.9 Å². The summed E-state index contributed by atoms with van der Waals surface area (Å²) in [5.41, 5.74) is 0.935. The van der Waals surface area contributed by atoms with Crippen LogP contribution < -0.4 is 9.62 Å². The molecule has 1 N–H and O–H groups in total. The van der Waals surface area contributed by atoms with Crippen molar-refractivity contribution in [3.05, 3.63) is 72.8 Å². The molecule has 0 fully saturated rings. The summed E-state index contributed by atoms with van der Waals surface area (Å²) >= 11 is 0. The molecule has 0 aliphatic carbocycles. The van der Waals surface area contributed by atoms with Crippen molar-refractivity contribution in [2.45, 2.75) is 31.3 Å². The first-order valence-corrected chi connectivity index (χ1v) is 11.0. The van der Waals surface area contributed by atoms with E-state index in [4.69, 9.17) is 4.74 Å². The molecule has 0 heterocycles. The number of benzene rings is 2. The molecule has 0 atom stereocenters. The smallest absolute Gasteiger partial charge is 0.264 e. The quantitative estimate of drug-likeness (QED) is 0.448. The van der Waals surface area contributed by atoms with E-state index in [1.807, 2.05) is 13.8 Å². The van der Waals surface area contributed by atoms with Crippen molar-refractivity contribution in [3.8, 4) is 0 Å². The Bertz CT molecular complexity index is 894. The molecule has 29 heavy (non-hydrogen) atoms. The number of carbonyl (C=O) groups excluding carboxylic acids is 1. The second kappa shape index (κ2) is 10.8. The maximum absolute atomic E-state index is 13.0. The molecule has 156 valence electrons. The van der Waals surface area contributed by atoms with Gasteiger partial charge >= 0.3 is 0 Å².